The number of carbonyl (C=O) groups is 1. The van der Waals surface area contributed by atoms with Gasteiger partial charge in [-0.3, -0.25) is 0 Å². The Bertz CT molecular complexity index is 505. The van der Waals surface area contributed by atoms with Gasteiger partial charge in [-0.1, -0.05) is 11.6 Å². The van der Waals surface area contributed by atoms with Crippen LogP contribution in [0, 0.1) is 0 Å². The summed E-state index contributed by atoms with van der Waals surface area (Å²) in [4.78, 5) is 14.4. The van der Waals surface area contributed by atoms with Gasteiger partial charge < -0.3 is 15.5 Å². The molecule has 1 heterocycles. The number of carbonyl (C=O) groups excluding carboxylic acids is 1. The Kier molecular flexibility index (Phi) is 4.99. The summed E-state index contributed by atoms with van der Waals surface area (Å²) in [6.07, 6.45) is 3.66. The second-order valence-electron chi connectivity index (χ2n) is 6.54. The minimum absolute atomic E-state index is 0.206. The van der Waals surface area contributed by atoms with E-state index in [9.17, 15) is 4.79 Å². The number of hydrogen-bond donors (Lipinski definition) is 2. The maximum atomic E-state index is 12.1. The van der Waals surface area contributed by atoms with Gasteiger partial charge in [0.15, 0.2) is 0 Å². The normalized spacial score (nSPS) is 15.7. The maximum absolute atomic E-state index is 12.1. The van der Waals surface area contributed by atoms with Crippen LogP contribution in [0.15, 0.2) is 18.2 Å². The highest BCUT2D eigenvalue weighted by molar-refractivity contribution is 6.31. The van der Waals surface area contributed by atoms with Crippen LogP contribution in [-0.4, -0.2) is 24.7 Å². The maximum Gasteiger partial charge on any atom is 0.319 e. The Morgan fingerprint density at radius 3 is 2.48 bits per heavy atom. The van der Waals surface area contributed by atoms with Crippen LogP contribution in [0.25, 0.3) is 0 Å². The van der Waals surface area contributed by atoms with Crippen molar-refractivity contribution in [2.24, 2.45) is 0 Å². The fourth-order valence-corrected chi connectivity index (χ4v) is 2.69. The lowest BCUT2D eigenvalue weighted by atomic mass is 10.1. The molecule has 1 saturated heterocycles. The summed E-state index contributed by atoms with van der Waals surface area (Å²) in [6.45, 7) is 7.91. The minimum Gasteiger partial charge on any atom is -0.370 e. The first-order valence-corrected chi connectivity index (χ1v) is 7.87. The number of urea groups is 1. The topological polar surface area (TPSA) is 44.4 Å². The summed E-state index contributed by atoms with van der Waals surface area (Å²) >= 11 is 6.08. The summed E-state index contributed by atoms with van der Waals surface area (Å²) in [5.41, 5.74) is 1.54. The Morgan fingerprint density at radius 1 is 1.19 bits per heavy atom. The van der Waals surface area contributed by atoms with E-state index in [4.69, 9.17) is 11.6 Å². The third-order valence-electron chi connectivity index (χ3n) is 3.39. The minimum atomic E-state index is -0.270. The van der Waals surface area contributed by atoms with Crippen LogP contribution in [0.1, 0.15) is 40.0 Å². The molecule has 2 rings (SSSR count). The molecule has 4 nitrogen and oxygen atoms in total. The first-order chi connectivity index (χ1) is 9.85. The van der Waals surface area contributed by atoms with Gasteiger partial charge in [0.1, 0.15) is 0 Å². The van der Waals surface area contributed by atoms with Crippen molar-refractivity contribution >= 4 is 29.0 Å². The lowest BCUT2D eigenvalue weighted by molar-refractivity contribution is 0.244. The first kappa shape index (κ1) is 16.0. The van der Waals surface area contributed by atoms with Crippen LogP contribution in [0.4, 0.5) is 16.2 Å². The van der Waals surface area contributed by atoms with Gasteiger partial charge in [-0.15, -0.1) is 0 Å². The zero-order chi connectivity index (χ0) is 15.5. The van der Waals surface area contributed by atoms with Gasteiger partial charge in [0.25, 0.3) is 0 Å². The monoisotopic (exact) mass is 309 g/mol. The molecular formula is C16H24ClN3O. The molecule has 1 aromatic carbocycles. The fraction of sp³-hybridized carbons (Fsp3) is 0.562. The van der Waals surface area contributed by atoms with Crippen molar-refractivity contribution in [2.75, 3.05) is 23.3 Å². The number of benzene rings is 1. The molecule has 2 amide bonds. The summed E-state index contributed by atoms with van der Waals surface area (Å²) in [5.74, 6) is 0. The van der Waals surface area contributed by atoms with Crippen LogP contribution in [0.2, 0.25) is 5.02 Å². The van der Waals surface area contributed by atoms with E-state index >= 15 is 0 Å². The molecule has 0 bridgehead atoms. The third-order valence-corrected chi connectivity index (χ3v) is 3.63. The predicted octanol–water partition coefficient (Wildman–Crippen LogP) is 4.25. The van der Waals surface area contributed by atoms with Crippen molar-refractivity contribution in [3.63, 3.8) is 0 Å². The molecule has 1 aliphatic rings. The Morgan fingerprint density at radius 2 is 1.86 bits per heavy atom. The van der Waals surface area contributed by atoms with Crippen molar-refractivity contribution < 1.29 is 4.79 Å². The quantitative estimate of drug-likeness (QED) is 0.857. The average Bonchev–Trinajstić information content (AvgIpc) is 2.37. The number of rotatable bonds is 2. The molecule has 0 atom stereocenters. The van der Waals surface area contributed by atoms with E-state index in [0.717, 1.165) is 24.5 Å². The van der Waals surface area contributed by atoms with E-state index < -0.39 is 0 Å². The number of halogens is 1. The summed E-state index contributed by atoms with van der Waals surface area (Å²) in [7, 11) is 0. The first-order valence-electron chi connectivity index (χ1n) is 7.49. The largest absolute Gasteiger partial charge is 0.370 e. The van der Waals surface area contributed by atoms with E-state index in [-0.39, 0.29) is 11.6 Å². The van der Waals surface area contributed by atoms with E-state index in [2.05, 4.69) is 15.5 Å². The Labute approximate surface area is 131 Å². The average molecular weight is 310 g/mol. The molecule has 1 aromatic rings. The predicted molar refractivity (Wildman–Crippen MR) is 89.4 cm³/mol. The molecule has 0 aliphatic carbocycles. The second-order valence-corrected chi connectivity index (χ2v) is 6.97. The van der Waals surface area contributed by atoms with Gasteiger partial charge >= 0.3 is 6.03 Å². The molecule has 2 N–H and O–H groups in total. The lowest BCUT2D eigenvalue weighted by Gasteiger charge is -2.31. The number of nitrogens with zero attached hydrogens (tertiary/aromatic N) is 1. The molecule has 1 aliphatic heterocycles. The van der Waals surface area contributed by atoms with Crippen LogP contribution >= 0.6 is 11.6 Å². The van der Waals surface area contributed by atoms with Gasteiger partial charge in [0.2, 0.25) is 0 Å². The van der Waals surface area contributed by atoms with Gasteiger partial charge in [0, 0.05) is 23.7 Å². The lowest BCUT2D eigenvalue weighted by Crippen LogP contribution is -2.43. The molecule has 0 spiro atoms. The van der Waals surface area contributed by atoms with Gasteiger partial charge in [-0.05, 0) is 58.2 Å². The van der Waals surface area contributed by atoms with Gasteiger partial charge in [-0.2, -0.15) is 0 Å². The van der Waals surface area contributed by atoms with Crippen LogP contribution in [-0.2, 0) is 0 Å². The molecule has 116 valence electrons. The van der Waals surface area contributed by atoms with E-state index in [1.165, 1.54) is 19.3 Å². The Balaban J connectivity index is 2.17. The fourth-order valence-electron chi connectivity index (χ4n) is 2.51. The van der Waals surface area contributed by atoms with Gasteiger partial charge in [-0.25, -0.2) is 4.79 Å². The van der Waals surface area contributed by atoms with Crippen molar-refractivity contribution in [1.82, 2.24) is 5.32 Å². The molecule has 0 unspecified atom stereocenters. The molecule has 21 heavy (non-hydrogen) atoms. The molecule has 0 aromatic heterocycles. The second kappa shape index (κ2) is 6.56. The molecule has 0 saturated carbocycles. The summed E-state index contributed by atoms with van der Waals surface area (Å²) in [6, 6.07) is 5.47. The Hall–Kier alpha value is -1.42. The molecule has 1 fully saturated rings. The highest BCUT2D eigenvalue weighted by Crippen LogP contribution is 2.31. The third kappa shape index (κ3) is 4.81. The highest BCUT2D eigenvalue weighted by atomic mass is 35.5. The van der Waals surface area contributed by atoms with E-state index in [1.54, 1.807) is 0 Å². The van der Waals surface area contributed by atoms with Crippen molar-refractivity contribution in [3.05, 3.63) is 23.2 Å². The summed E-state index contributed by atoms with van der Waals surface area (Å²) < 4.78 is 0. The number of hydrogen-bond acceptors (Lipinski definition) is 2. The van der Waals surface area contributed by atoms with Crippen LogP contribution < -0.4 is 15.5 Å². The standard InChI is InChI=1S/C16H24ClN3O/c1-16(2,3)19-15(21)18-13-11-12(17)7-8-14(13)20-9-5-4-6-10-20/h7-8,11H,4-6,9-10H2,1-3H3,(H2,18,19,21). The molecular weight excluding hydrogens is 286 g/mol. The zero-order valence-corrected chi connectivity index (χ0v) is 13.8. The van der Waals surface area contributed by atoms with E-state index in [0.29, 0.717) is 5.02 Å². The smallest absolute Gasteiger partial charge is 0.319 e. The molecule has 5 heteroatoms. The van der Waals surface area contributed by atoms with Crippen molar-refractivity contribution in [3.8, 4) is 0 Å². The van der Waals surface area contributed by atoms with Crippen molar-refractivity contribution in [2.45, 2.75) is 45.6 Å². The van der Waals surface area contributed by atoms with Crippen molar-refractivity contribution in [1.29, 1.82) is 0 Å². The van der Waals surface area contributed by atoms with E-state index in [1.807, 2.05) is 39.0 Å². The number of nitrogens with one attached hydrogen (secondary N) is 2. The number of piperidine rings is 1. The SMILES string of the molecule is CC(C)(C)NC(=O)Nc1cc(Cl)ccc1N1CCCCC1. The van der Waals surface area contributed by atoms with Gasteiger partial charge in [0.05, 0.1) is 11.4 Å². The highest BCUT2D eigenvalue weighted by Gasteiger charge is 2.18. The number of anilines is 2. The summed E-state index contributed by atoms with van der Waals surface area (Å²) in [5, 5.41) is 6.46. The molecule has 0 radical (unpaired) electrons. The zero-order valence-electron chi connectivity index (χ0n) is 13.0. The number of amides is 2. The van der Waals surface area contributed by atoms with Crippen LogP contribution in [0.3, 0.4) is 0 Å². The van der Waals surface area contributed by atoms with Crippen LogP contribution in [0.5, 0.6) is 0 Å².